The second kappa shape index (κ2) is 5.66. The lowest BCUT2D eigenvalue weighted by Gasteiger charge is -2.08. The first kappa shape index (κ1) is 14.0. The molecule has 2 N–H and O–H groups in total. The zero-order valence-electron chi connectivity index (χ0n) is 10.5. The van der Waals surface area contributed by atoms with Crippen molar-refractivity contribution in [1.82, 2.24) is 4.98 Å². The predicted octanol–water partition coefficient (Wildman–Crippen LogP) is 2.30. The molecule has 8 heteroatoms. The lowest BCUT2D eigenvalue weighted by molar-refractivity contribution is -0.384. The van der Waals surface area contributed by atoms with E-state index in [1.54, 1.807) is 12.1 Å². The van der Waals surface area contributed by atoms with Gasteiger partial charge in [0.2, 0.25) is 5.82 Å². The van der Waals surface area contributed by atoms with Gasteiger partial charge in [-0.2, -0.15) is 5.26 Å². The number of nitrogens with one attached hydrogen (secondary N) is 1. The van der Waals surface area contributed by atoms with E-state index >= 15 is 0 Å². The molecule has 1 aromatic heterocycles. The van der Waals surface area contributed by atoms with Crippen molar-refractivity contribution in [3.05, 3.63) is 57.8 Å². The standard InChI is InChI=1S/C13H8N4O4/c14-7-8-3-1-2-4-9(8)15-12-11(17(20)21)6-5-10(16-12)13(18)19/h1-6H,(H,15,16)(H,18,19). The fourth-order valence-corrected chi connectivity index (χ4v) is 1.63. The molecule has 2 rings (SSSR count). The predicted molar refractivity (Wildman–Crippen MR) is 72.3 cm³/mol. The Bertz CT molecular complexity index is 767. The van der Waals surface area contributed by atoms with E-state index in [1.165, 1.54) is 12.1 Å². The van der Waals surface area contributed by atoms with Crippen molar-refractivity contribution >= 4 is 23.2 Å². The van der Waals surface area contributed by atoms with Gasteiger partial charge in [0.15, 0.2) is 5.69 Å². The number of nitro groups is 1. The van der Waals surface area contributed by atoms with Crippen LogP contribution in [0.3, 0.4) is 0 Å². The summed E-state index contributed by atoms with van der Waals surface area (Å²) in [5.74, 6) is -1.54. The van der Waals surface area contributed by atoms with Crippen molar-refractivity contribution in [2.24, 2.45) is 0 Å². The number of nitrogens with zero attached hydrogens (tertiary/aromatic N) is 3. The highest BCUT2D eigenvalue weighted by molar-refractivity contribution is 5.87. The maximum absolute atomic E-state index is 11.0. The molecule has 0 spiro atoms. The van der Waals surface area contributed by atoms with Gasteiger partial charge in [-0.25, -0.2) is 9.78 Å². The summed E-state index contributed by atoms with van der Waals surface area (Å²) >= 11 is 0. The number of aromatic nitrogens is 1. The molecule has 0 saturated carbocycles. The van der Waals surface area contributed by atoms with E-state index in [-0.39, 0.29) is 22.8 Å². The van der Waals surface area contributed by atoms with Gasteiger partial charge in [0, 0.05) is 6.07 Å². The van der Waals surface area contributed by atoms with E-state index in [4.69, 9.17) is 10.4 Å². The topological polar surface area (TPSA) is 129 Å². The maximum Gasteiger partial charge on any atom is 0.354 e. The summed E-state index contributed by atoms with van der Waals surface area (Å²) in [5, 5.41) is 31.5. The molecule has 0 aliphatic heterocycles. The largest absolute Gasteiger partial charge is 0.477 e. The first-order valence-corrected chi connectivity index (χ1v) is 5.68. The SMILES string of the molecule is N#Cc1ccccc1Nc1nc(C(=O)O)ccc1[N+](=O)[O-]. The molecule has 21 heavy (non-hydrogen) atoms. The highest BCUT2D eigenvalue weighted by Crippen LogP contribution is 2.27. The number of nitriles is 1. The Labute approximate surface area is 118 Å². The molecule has 2 aromatic rings. The first-order chi connectivity index (χ1) is 10.0. The Kier molecular flexibility index (Phi) is 3.76. The third-order valence-corrected chi connectivity index (χ3v) is 2.59. The summed E-state index contributed by atoms with van der Waals surface area (Å²) in [4.78, 5) is 24.9. The number of rotatable bonds is 4. The number of pyridine rings is 1. The molecule has 0 fully saturated rings. The number of carboxylic acid groups (broad SMARTS) is 1. The average Bonchev–Trinajstić information content (AvgIpc) is 2.47. The molecule has 1 aromatic carbocycles. The minimum atomic E-state index is -1.30. The van der Waals surface area contributed by atoms with Crippen LogP contribution < -0.4 is 5.32 Å². The number of hydrogen-bond acceptors (Lipinski definition) is 6. The molecule has 0 aliphatic rings. The number of aromatic carboxylic acids is 1. The molecule has 0 saturated heterocycles. The van der Waals surface area contributed by atoms with E-state index in [1.807, 2.05) is 6.07 Å². The summed E-state index contributed by atoms with van der Waals surface area (Å²) in [7, 11) is 0. The lowest BCUT2D eigenvalue weighted by Crippen LogP contribution is -2.06. The summed E-state index contributed by atoms with van der Waals surface area (Å²) in [5.41, 5.74) is -0.155. The van der Waals surface area contributed by atoms with Crippen molar-refractivity contribution in [2.45, 2.75) is 0 Å². The van der Waals surface area contributed by atoms with Gasteiger partial charge >= 0.3 is 11.7 Å². The third kappa shape index (κ3) is 2.93. The summed E-state index contributed by atoms with van der Waals surface area (Å²) in [6.45, 7) is 0. The summed E-state index contributed by atoms with van der Waals surface area (Å²) < 4.78 is 0. The van der Waals surface area contributed by atoms with Crippen molar-refractivity contribution in [1.29, 1.82) is 5.26 Å². The number of carbonyl (C=O) groups is 1. The minimum Gasteiger partial charge on any atom is -0.477 e. The molecule has 0 bridgehead atoms. The number of carboxylic acids is 1. The Morgan fingerprint density at radius 3 is 2.67 bits per heavy atom. The van der Waals surface area contributed by atoms with Crippen molar-refractivity contribution < 1.29 is 14.8 Å². The Morgan fingerprint density at radius 2 is 2.05 bits per heavy atom. The smallest absolute Gasteiger partial charge is 0.354 e. The summed E-state index contributed by atoms with van der Waals surface area (Å²) in [6.07, 6.45) is 0. The number of anilines is 2. The molecule has 0 radical (unpaired) electrons. The van der Waals surface area contributed by atoms with Gasteiger partial charge in [-0.15, -0.1) is 0 Å². The molecular weight excluding hydrogens is 276 g/mol. The van der Waals surface area contributed by atoms with Gasteiger partial charge in [-0.05, 0) is 18.2 Å². The Hall–Kier alpha value is -3.47. The van der Waals surface area contributed by atoms with Crippen molar-refractivity contribution in [3.63, 3.8) is 0 Å². The number of hydrogen-bond donors (Lipinski definition) is 2. The molecule has 104 valence electrons. The second-order valence-corrected chi connectivity index (χ2v) is 3.91. The van der Waals surface area contributed by atoms with Crippen LogP contribution in [0.1, 0.15) is 16.1 Å². The van der Waals surface area contributed by atoms with Crippen LogP contribution in [0, 0.1) is 21.4 Å². The maximum atomic E-state index is 11.0. The van der Waals surface area contributed by atoms with Crippen LogP contribution in [0.2, 0.25) is 0 Å². The summed E-state index contributed by atoms with van der Waals surface area (Å²) in [6, 6.07) is 10.4. The molecular formula is C13H8N4O4. The number of benzene rings is 1. The van der Waals surface area contributed by atoms with Gasteiger partial charge in [-0.3, -0.25) is 10.1 Å². The molecule has 0 atom stereocenters. The van der Waals surface area contributed by atoms with E-state index < -0.39 is 10.9 Å². The highest BCUT2D eigenvalue weighted by atomic mass is 16.6. The first-order valence-electron chi connectivity index (χ1n) is 5.68. The van der Waals surface area contributed by atoms with Crippen LogP contribution >= 0.6 is 0 Å². The van der Waals surface area contributed by atoms with E-state index in [0.717, 1.165) is 12.1 Å². The minimum absolute atomic E-state index is 0.234. The Morgan fingerprint density at radius 1 is 1.33 bits per heavy atom. The quantitative estimate of drug-likeness (QED) is 0.650. The molecule has 8 nitrogen and oxygen atoms in total. The zero-order chi connectivity index (χ0) is 15.4. The van der Waals surface area contributed by atoms with Crippen LogP contribution in [0.25, 0.3) is 0 Å². The van der Waals surface area contributed by atoms with Crippen LogP contribution in [0.5, 0.6) is 0 Å². The fraction of sp³-hybridized carbons (Fsp3) is 0. The normalized spacial score (nSPS) is 9.67. The van der Waals surface area contributed by atoms with Crippen LogP contribution in [-0.4, -0.2) is 21.0 Å². The van der Waals surface area contributed by atoms with Gasteiger partial charge in [0.25, 0.3) is 0 Å². The van der Waals surface area contributed by atoms with Gasteiger partial charge in [-0.1, -0.05) is 12.1 Å². The third-order valence-electron chi connectivity index (χ3n) is 2.59. The van der Waals surface area contributed by atoms with Crippen molar-refractivity contribution in [2.75, 3.05) is 5.32 Å². The average molecular weight is 284 g/mol. The van der Waals surface area contributed by atoms with E-state index in [0.29, 0.717) is 5.69 Å². The van der Waals surface area contributed by atoms with Crippen LogP contribution in [0.15, 0.2) is 36.4 Å². The van der Waals surface area contributed by atoms with Crippen LogP contribution in [-0.2, 0) is 0 Å². The van der Waals surface area contributed by atoms with Crippen LogP contribution in [0.4, 0.5) is 17.2 Å². The molecule has 0 amide bonds. The van der Waals surface area contributed by atoms with Gasteiger partial charge in [0.05, 0.1) is 16.2 Å². The van der Waals surface area contributed by atoms with E-state index in [2.05, 4.69) is 10.3 Å². The molecule has 0 unspecified atom stereocenters. The van der Waals surface area contributed by atoms with Crippen molar-refractivity contribution in [3.8, 4) is 6.07 Å². The fourth-order valence-electron chi connectivity index (χ4n) is 1.63. The van der Waals surface area contributed by atoms with Gasteiger partial charge < -0.3 is 10.4 Å². The monoisotopic (exact) mass is 284 g/mol. The second-order valence-electron chi connectivity index (χ2n) is 3.91. The van der Waals surface area contributed by atoms with Gasteiger partial charge in [0.1, 0.15) is 6.07 Å². The molecule has 0 aliphatic carbocycles. The zero-order valence-corrected chi connectivity index (χ0v) is 10.5. The van der Waals surface area contributed by atoms with E-state index in [9.17, 15) is 14.9 Å². The highest BCUT2D eigenvalue weighted by Gasteiger charge is 2.19. The number of para-hydroxylation sites is 1. The lowest BCUT2D eigenvalue weighted by atomic mass is 10.2. The molecule has 1 heterocycles. The Balaban J connectivity index is 2.51.